The van der Waals surface area contributed by atoms with Gasteiger partial charge in [-0.15, -0.1) is 0 Å². The molecule has 0 aliphatic carbocycles. The summed E-state index contributed by atoms with van der Waals surface area (Å²) in [6, 6.07) is 4.73. The highest BCUT2D eigenvalue weighted by Crippen LogP contribution is 2.34. The van der Waals surface area contributed by atoms with Gasteiger partial charge in [0.2, 0.25) is 5.91 Å². The molecule has 1 spiro atoms. The molecule has 28 heavy (non-hydrogen) atoms. The van der Waals surface area contributed by atoms with E-state index in [9.17, 15) is 9.18 Å². The summed E-state index contributed by atoms with van der Waals surface area (Å²) in [5.74, 6) is -0.0587. The number of hydrogen-bond acceptors (Lipinski definition) is 6. The zero-order chi connectivity index (χ0) is 19.7. The molecule has 1 aromatic carbocycles. The largest absolute Gasteiger partial charge is 0.374 e. The fourth-order valence-electron chi connectivity index (χ4n) is 4.27. The standard InChI is InChI=1S/C20H28FN3O4.2H2/c1-26-19(27-2)13-6-9-24(10-7-13)17-4-3-14(11-15(17)21)22-16-5-8-20(12-28-20)23-18(16)25;;/h3-4,11,13,16,19,22H,5-10,12H2,1-2H3,(H,23,25);2*1H. The number of benzene rings is 1. The van der Waals surface area contributed by atoms with Gasteiger partial charge in [0.05, 0.1) is 12.3 Å². The Balaban J connectivity index is 0.00000160. The van der Waals surface area contributed by atoms with E-state index in [0.29, 0.717) is 30.3 Å². The summed E-state index contributed by atoms with van der Waals surface area (Å²) in [6.45, 7) is 2.09. The number of piperidine rings is 2. The van der Waals surface area contributed by atoms with Gasteiger partial charge >= 0.3 is 0 Å². The highest BCUT2D eigenvalue weighted by molar-refractivity contribution is 5.86. The van der Waals surface area contributed by atoms with Crippen LogP contribution in [0.25, 0.3) is 0 Å². The molecular weight excluding hydrogens is 365 g/mol. The van der Waals surface area contributed by atoms with Crippen molar-refractivity contribution in [2.45, 2.75) is 43.7 Å². The van der Waals surface area contributed by atoms with E-state index in [2.05, 4.69) is 15.5 Å². The van der Waals surface area contributed by atoms with E-state index in [0.717, 1.165) is 32.4 Å². The van der Waals surface area contributed by atoms with E-state index < -0.39 is 5.72 Å². The topological polar surface area (TPSA) is 75.4 Å². The number of halogens is 1. The predicted octanol–water partition coefficient (Wildman–Crippen LogP) is 2.57. The lowest BCUT2D eigenvalue weighted by Gasteiger charge is -2.36. The van der Waals surface area contributed by atoms with Crippen molar-refractivity contribution >= 4 is 17.3 Å². The van der Waals surface area contributed by atoms with Gasteiger partial charge in [0.15, 0.2) is 12.0 Å². The van der Waals surface area contributed by atoms with E-state index in [1.54, 1.807) is 20.3 Å². The average Bonchev–Trinajstić information content (AvgIpc) is 3.45. The number of hydrogen-bond donors (Lipinski definition) is 2. The van der Waals surface area contributed by atoms with Crippen LogP contribution in [-0.2, 0) is 19.0 Å². The maximum Gasteiger partial charge on any atom is 0.244 e. The molecule has 3 fully saturated rings. The molecule has 0 saturated carbocycles. The first kappa shape index (κ1) is 19.4. The number of ether oxygens (including phenoxy) is 3. The number of carbonyl (C=O) groups excluding carboxylic acids is 1. The van der Waals surface area contributed by atoms with Gasteiger partial charge in [-0.25, -0.2) is 4.39 Å². The van der Waals surface area contributed by atoms with Crippen LogP contribution in [0.2, 0.25) is 0 Å². The molecule has 1 amide bonds. The monoisotopic (exact) mass is 397 g/mol. The van der Waals surface area contributed by atoms with Crippen LogP contribution in [-0.4, -0.2) is 57.9 Å². The van der Waals surface area contributed by atoms with Crippen LogP contribution in [0, 0.1) is 11.7 Å². The lowest BCUT2D eigenvalue weighted by Crippen LogP contribution is -2.52. The first-order valence-corrected chi connectivity index (χ1v) is 9.86. The zero-order valence-electron chi connectivity index (χ0n) is 16.4. The molecule has 158 valence electrons. The molecule has 2 N–H and O–H groups in total. The Morgan fingerprint density at radius 3 is 2.61 bits per heavy atom. The summed E-state index contributed by atoms with van der Waals surface area (Å²) in [6.07, 6.45) is 3.01. The number of carbonyl (C=O) groups is 1. The number of epoxide rings is 1. The zero-order valence-corrected chi connectivity index (χ0v) is 16.4. The third-order valence-electron chi connectivity index (χ3n) is 6.02. The van der Waals surface area contributed by atoms with Crippen molar-refractivity contribution in [2.75, 3.05) is 44.1 Å². The minimum atomic E-state index is -0.429. The first-order valence-electron chi connectivity index (χ1n) is 9.86. The minimum absolute atomic E-state index is 0. The maximum absolute atomic E-state index is 14.8. The molecule has 0 aromatic heterocycles. The number of methoxy groups -OCH3 is 2. The Kier molecular flexibility index (Phi) is 5.44. The molecule has 3 saturated heterocycles. The molecule has 3 aliphatic rings. The summed E-state index contributed by atoms with van der Waals surface area (Å²) < 4.78 is 30.8. The molecule has 7 nitrogen and oxygen atoms in total. The Morgan fingerprint density at radius 2 is 2.04 bits per heavy atom. The van der Waals surface area contributed by atoms with E-state index in [1.165, 1.54) is 6.07 Å². The Bertz CT molecular complexity index is 726. The number of rotatable bonds is 6. The van der Waals surface area contributed by atoms with Gasteiger partial charge in [-0.3, -0.25) is 4.79 Å². The summed E-state index contributed by atoms with van der Waals surface area (Å²) in [5, 5.41) is 6.04. The molecule has 2 unspecified atom stereocenters. The second-order valence-corrected chi connectivity index (χ2v) is 7.84. The van der Waals surface area contributed by atoms with Crippen molar-refractivity contribution in [3.63, 3.8) is 0 Å². The summed E-state index contributed by atoms with van der Waals surface area (Å²) in [4.78, 5) is 14.3. The predicted molar refractivity (Wildman–Crippen MR) is 107 cm³/mol. The second-order valence-electron chi connectivity index (χ2n) is 7.84. The average molecular weight is 397 g/mol. The van der Waals surface area contributed by atoms with E-state index in [-0.39, 0.29) is 26.9 Å². The van der Waals surface area contributed by atoms with Gasteiger partial charge < -0.3 is 29.7 Å². The number of anilines is 2. The molecule has 4 rings (SSSR count). The fourth-order valence-corrected chi connectivity index (χ4v) is 4.27. The summed E-state index contributed by atoms with van der Waals surface area (Å²) in [7, 11) is 3.30. The van der Waals surface area contributed by atoms with Crippen molar-refractivity contribution in [1.82, 2.24) is 5.32 Å². The first-order chi connectivity index (χ1) is 13.5. The van der Waals surface area contributed by atoms with Gasteiger partial charge in [-0.2, -0.15) is 0 Å². The summed E-state index contributed by atoms with van der Waals surface area (Å²) >= 11 is 0. The van der Waals surface area contributed by atoms with Crippen LogP contribution in [0.3, 0.4) is 0 Å². The van der Waals surface area contributed by atoms with Gasteiger partial charge in [0.1, 0.15) is 11.9 Å². The molecule has 2 atom stereocenters. The van der Waals surface area contributed by atoms with Gasteiger partial charge in [0.25, 0.3) is 0 Å². The molecule has 8 heteroatoms. The van der Waals surface area contributed by atoms with Crippen LogP contribution in [0.1, 0.15) is 28.5 Å². The van der Waals surface area contributed by atoms with E-state index >= 15 is 0 Å². The number of amides is 1. The number of nitrogens with one attached hydrogen (secondary N) is 2. The second kappa shape index (κ2) is 7.85. The fraction of sp³-hybridized carbons (Fsp3) is 0.650. The van der Waals surface area contributed by atoms with Crippen molar-refractivity contribution in [2.24, 2.45) is 5.92 Å². The van der Waals surface area contributed by atoms with Gasteiger partial charge in [-0.1, -0.05) is 0 Å². The van der Waals surface area contributed by atoms with Gasteiger partial charge in [-0.05, 0) is 43.9 Å². The Morgan fingerprint density at radius 1 is 1.32 bits per heavy atom. The Labute approximate surface area is 167 Å². The highest BCUT2D eigenvalue weighted by atomic mass is 19.1. The molecule has 3 heterocycles. The third kappa shape index (κ3) is 3.94. The molecule has 0 radical (unpaired) electrons. The summed E-state index contributed by atoms with van der Waals surface area (Å²) in [5.41, 5.74) is 0.776. The molecule has 1 aromatic rings. The maximum atomic E-state index is 14.8. The van der Waals surface area contributed by atoms with Crippen molar-refractivity contribution < 1.29 is 26.2 Å². The lowest BCUT2D eigenvalue weighted by molar-refractivity contribution is -0.141. The van der Waals surface area contributed by atoms with Crippen molar-refractivity contribution in [3.05, 3.63) is 24.0 Å². The van der Waals surface area contributed by atoms with Gasteiger partial charge in [0, 0.05) is 41.8 Å². The normalized spacial score (nSPS) is 27.9. The highest BCUT2D eigenvalue weighted by Gasteiger charge is 2.50. The molecular formula is C20H32FN3O4. The number of nitrogens with zero attached hydrogens (tertiary/aromatic N) is 1. The van der Waals surface area contributed by atoms with Crippen LogP contribution in [0.4, 0.5) is 15.8 Å². The van der Waals surface area contributed by atoms with Crippen LogP contribution in [0.15, 0.2) is 18.2 Å². The van der Waals surface area contributed by atoms with Crippen molar-refractivity contribution in [3.8, 4) is 0 Å². The third-order valence-corrected chi connectivity index (χ3v) is 6.02. The molecule has 0 bridgehead atoms. The van der Waals surface area contributed by atoms with Crippen LogP contribution in [0.5, 0.6) is 0 Å². The SMILES string of the molecule is COC(OC)C1CCN(c2ccc(NC3CCC4(CO4)NC3=O)cc2F)CC1.[HH].[HH]. The molecule has 3 aliphatic heterocycles. The smallest absolute Gasteiger partial charge is 0.244 e. The Hall–Kier alpha value is -1.90. The van der Waals surface area contributed by atoms with Crippen molar-refractivity contribution in [1.29, 1.82) is 0 Å². The van der Waals surface area contributed by atoms with Crippen LogP contribution >= 0.6 is 0 Å². The minimum Gasteiger partial charge on any atom is -0.374 e. The van der Waals surface area contributed by atoms with Crippen LogP contribution < -0.4 is 15.5 Å². The van der Waals surface area contributed by atoms with E-state index in [1.807, 2.05) is 6.07 Å². The quantitative estimate of drug-likeness (QED) is 0.568. The van der Waals surface area contributed by atoms with E-state index in [4.69, 9.17) is 14.2 Å². The lowest BCUT2D eigenvalue weighted by atomic mass is 9.95.